The lowest BCUT2D eigenvalue weighted by Gasteiger charge is -2.27. The Bertz CT molecular complexity index is 1560. The molecule has 3 N–H and O–H groups in total. The van der Waals surface area contributed by atoms with Gasteiger partial charge in [-0.15, -0.1) is 0 Å². The third kappa shape index (κ3) is 28.9. The van der Waals surface area contributed by atoms with Crippen molar-refractivity contribution < 1.29 is 100 Å². The number of carboxylic acid groups (broad SMARTS) is 1. The number of carbonyl (C=O) groups is 5. The number of rotatable bonds is 50. The number of carboxylic acids is 1. The highest BCUT2D eigenvalue weighted by atomic mass is 16.6. The first-order valence-electron chi connectivity index (χ1n) is 23.9. The summed E-state index contributed by atoms with van der Waals surface area (Å²) in [7, 11) is 0. The molecule has 1 fully saturated rings. The van der Waals surface area contributed by atoms with E-state index in [1.54, 1.807) is 18.2 Å². The van der Waals surface area contributed by atoms with Crippen molar-refractivity contribution in [2.75, 3.05) is 210 Å². The molecule has 1 unspecified atom stereocenters. The first-order chi connectivity index (χ1) is 34.4. The summed E-state index contributed by atoms with van der Waals surface area (Å²) in [5.41, 5.74) is 0.888. The Labute approximate surface area is 409 Å². The molecule has 3 rings (SSSR count). The molecule has 24 heteroatoms. The van der Waals surface area contributed by atoms with Gasteiger partial charge in [0.1, 0.15) is 6.04 Å². The number of nitrogens with one attached hydrogen (secondary N) is 2. The highest BCUT2D eigenvalue weighted by Gasteiger charge is 2.45. The number of amides is 4. The lowest BCUT2D eigenvalue weighted by atomic mass is 10.0. The molecule has 1 aromatic rings. The minimum atomic E-state index is -1.02. The Morgan fingerprint density at radius 2 is 0.814 bits per heavy atom. The van der Waals surface area contributed by atoms with Crippen LogP contribution in [0.1, 0.15) is 40.0 Å². The van der Waals surface area contributed by atoms with Crippen LogP contribution in [0, 0.1) is 0 Å². The maximum atomic E-state index is 13.2. The van der Waals surface area contributed by atoms with Gasteiger partial charge >= 0.3 is 5.97 Å². The van der Waals surface area contributed by atoms with Gasteiger partial charge in [-0.05, 0) is 18.6 Å². The SMILES string of the molecule is O=C(O)CCOCCOCCOCCOCCOCCOCCOCCOCCOCCOCCOCCOCCOCCOCCOCCNc1cccc2c1C(=O)N(C1CCC(=O)NC1=O)C2=O. The number of nitrogens with zero attached hydrogens (tertiary/aromatic N) is 1. The van der Waals surface area contributed by atoms with Gasteiger partial charge in [0.05, 0.1) is 216 Å². The number of fused-ring (bicyclic) bond motifs is 1. The molecule has 2 heterocycles. The van der Waals surface area contributed by atoms with Gasteiger partial charge in [0.25, 0.3) is 11.8 Å². The molecule has 2 aliphatic rings. The number of aliphatic carboxylic acids is 1. The Morgan fingerprint density at radius 1 is 0.486 bits per heavy atom. The number of imide groups is 2. The second kappa shape index (κ2) is 41.8. The van der Waals surface area contributed by atoms with Gasteiger partial charge in [-0.2, -0.15) is 0 Å². The van der Waals surface area contributed by atoms with Crippen molar-refractivity contribution in [3.8, 4) is 0 Å². The number of benzene rings is 1. The van der Waals surface area contributed by atoms with Crippen LogP contribution in [0.3, 0.4) is 0 Å². The van der Waals surface area contributed by atoms with E-state index in [1.165, 1.54) is 0 Å². The lowest BCUT2D eigenvalue weighted by Crippen LogP contribution is -2.54. The average molecular weight is 1010 g/mol. The molecule has 0 saturated carbocycles. The second-order valence-electron chi connectivity index (χ2n) is 14.9. The van der Waals surface area contributed by atoms with Crippen molar-refractivity contribution in [1.82, 2.24) is 10.2 Å². The number of anilines is 1. The van der Waals surface area contributed by atoms with Crippen LogP contribution in [0.2, 0.25) is 0 Å². The van der Waals surface area contributed by atoms with E-state index in [2.05, 4.69) is 10.6 Å². The van der Waals surface area contributed by atoms with Crippen LogP contribution in [-0.4, -0.2) is 250 Å². The molecule has 70 heavy (non-hydrogen) atoms. The third-order valence-corrected chi connectivity index (χ3v) is 9.70. The standard InChI is InChI=1S/C46H75N3O21/c50-41-5-4-40(44(53)48-41)49-45(54)38-2-1-3-39(43(38)46(49)55)47-7-9-57-11-13-59-15-17-61-19-21-63-23-25-65-27-29-67-31-33-69-35-37-70-36-34-68-32-30-66-28-26-64-24-22-62-20-18-60-16-14-58-12-10-56-8-6-42(51)52/h1-3,40,47H,4-37H2,(H,51,52)(H,48,50,53). The van der Waals surface area contributed by atoms with Gasteiger partial charge in [-0.3, -0.25) is 34.2 Å². The second-order valence-corrected chi connectivity index (χ2v) is 14.9. The van der Waals surface area contributed by atoms with Crippen LogP contribution in [0.4, 0.5) is 5.69 Å². The minimum Gasteiger partial charge on any atom is -0.481 e. The van der Waals surface area contributed by atoms with Gasteiger partial charge in [-0.25, -0.2) is 0 Å². The van der Waals surface area contributed by atoms with E-state index in [-0.39, 0.29) is 37.0 Å². The fraction of sp³-hybridized carbons (Fsp3) is 0.761. The van der Waals surface area contributed by atoms with E-state index in [4.69, 9.17) is 76.2 Å². The van der Waals surface area contributed by atoms with E-state index >= 15 is 0 Å². The molecule has 1 atom stereocenters. The van der Waals surface area contributed by atoms with Crippen molar-refractivity contribution in [3.63, 3.8) is 0 Å². The summed E-state index contributed by atoms with van der Waals surface area (Å²) in [6.45, 7) is 13.3. The fourth-order valence-corrected chi connectivity index (χ4v) is 6.26. The highest BCUT2D eigenvalue weighted by molar-refractivity contribution is 6.25. The summed E-state index contributed by atoms with van der Waals surface area (Å²) in [4.78, 5) is 61.3. The van der Waals surface area contributed by atoms with Gasteiger partial charge in [-0.1, -0.05) is 6.07 Å². The molecular weight excluding hydrogens is 931 g/mol. The number of carbonyl (C=O) groups excluding carboxylic acids is 4. The van der Waals surface area contributed by atoms with Crippen LogP contribution in [0.25, 0.3) is 0 Å². The summed E-state index contributed by atoms with van der Waals surface area (Å²) in [5.74, 6) is -3.07. The van der Waals surface area contributed by atoms with Crippen molar-refractivity contribution in [2.45, 2.75) is 25.3 Å². The first-order valence-corrected chi connectivity index (χ1v) is 23.9. The van der Waals surface area contributed by atoms with Crippen molar-refractivity contribution in [3.05, 3.63) is 29.3 Å². The van der Waals surface area contributed by atoms with Crippen LogP contribution in [-0.2, 0) is 85.4 Å². The number of ether oxygens (including phenoxy) is 15. The maximum Gasteiger partial charge on any atom is 0.305 e. The molecule has 4 amide bonds. The topological polar surface area (TPSA) is 271 Å². The molecule has 24 nitrogen and oxygen atoms in total. The minimum absolute atomic E-state index is 0.0134. The summed E-state index contributed by atoms with van der Waals surface area (Å²) < 4.78 is 81.9. The molecule has 1 aromatic carbocycles. The number of hydrogen-bond acceptors (Lipinski definition) is 21. The van der Waals surface area contributed by atoms with Gasteiger partial charge in [0.2, 0.25) is 11.8 Å². The lowest BCUT2D eigenvalue weighted by molar-refractivity contribution is -0.138. The summed E-state index contributed by atoms with van der Waals surface area (Å²) >= 11 is 0. The monoisotopic (exact) mass is 1010 g/mol. The molecular formula is C46H75N3O21. The van der Waals surface area contributed by atoms with Crippen molar-refractivity contribution >= 4 is 35.3 Å². The van der Waals surface area contributed by atoms with E-state index < -0.39 is 35.6 Å². The summed E-state index contributed by atoms with van der Waals surface area (Å²) in [5, 5.41) is 13.8. The Kier molecular flexibility index (Phi) is 36.1. The average Bonchev–Trinajstić information content (AvgIpc) is 3.60. The van der Waals surface area contributed by atoms with Crippen LogP contribution in [0.15, 0.2) is 18.2 Å². The van der Waals surface area contributed by atoms with E-state index in [9.17, 15) is 24.0 Å². The predicted molar refractivity (Wildman–Crippen MR) is 246 cm³/mol. The molecule has 1 saturated heterocycles. The zero-order valence-electron chi connectivity index (χ0n) is 40.4. The number of hydrogen-bond donors (Lipinski definition) is 3. The Hall–Kier alpha value is -3.83. The largest absolute Gasteiger partial charge is 0.481 e. The zero-order valence-corrected chi connectivity index (χ0v) is 40.4. The summed E-state index contributed by atoms with van der Waals surface area (Å²) in [6.07, 6.45) is 0.143. The molecule has 0 aliphatic carbocycles. The molecule has 0 radical (unpaired) electrons. The van der Waals surface area contributed by atoms with Crippen molar-refractivity contribution in [2.24, 2.45) is 0 Å². The van der Waals surface area contributed by atoms with Crippen LogP contribution < -0.4 is 10.6 Å². The van der Waals surface area contributed by atoms with E-state index in [1.807, 2.05) is 0 Å². The molecule has 0 aromatic heterocycles. The van der Waals surface area contributed by atoms with Gasteiger partial charge in [0.15, 0.2) is 0 Å². The van der Waals surface area contributed by atoms with E-state index in [0.29, 0.717) is 204 Å². The van der Waals surface area contributed by atoms with Crippen LogP contribution in [0.5, 0.6) is 0 Å². The normalized spacial score (nSPS) is 14.7. The number of piperidine rings is 1. The smallest absolute Gasteiger partial charge is 0.305 e. The van der Waals surface area contributed by atoms with E-state index in [0.717, 1.165) is 4.90 Å². The van der Waals surface area contributed by atoms with Gasteiger partial charge in [0, 0.05) is 18.7 Å². The highest BCUT2D eigenvalue weighted by Crippen LogP contribution is 2.32. The summed E-state index contributed by atoms with van der Waals surface area (Å²) in [6, 6.07) is 3.88. The van der Waals surface area contributed by atoms with Gasteiger partial charge < -0.3 is 81.5 Å². The molecule has 2 aliphatic heterocycles. The molecule has 400 valence electrons. The Balaban J connectivity index is 0.928. The van der Waals surface area contributed by atoms with Crippen molar-refractivity contribution in [1.29, 1.82) is 0 Å². The Morgan fingerprint density at radius 3 is 1.14 bits per heavy atom. The fourth-order valence-electron chi connectivity index (χ4n) is 6.26. The molecule has 0 spiro atoms. The van der Waals surface area contributed by atoms with Crippen LogP contribution >= 0.6 is 0 Å². The quantitative estimate of drug-likeness (QED) is 0.0582. The molecule has 0 bridgehead atoms. The predicted octanol–water partition coefficient (Wildman–Crippen LogP) is 0.223. The zero-order chi connectivity index (χ0) is 50.0. The third-order valence-electron chi connectivity index (χ3n) is 9.70. The maximum absolute atomic E-state index is 13.2. The first kappa shape index (κ1) is 60.5.